The van der Waals surface area contributed by atoms with Gasteiger partial charge in [-0.05, 0) is 24.7 Å². The van der Waals surface area contributed by atoms with Gasteiger partial charge in [0.1, 0.15) is 5.52 Å². The molecule has 0 unspecified atom stereocenters. The number of aromatic nitrogens is 4. The molecule has 0 saturated heterocycles. The van der Waals surface area contributed by atoms with Gasteiger partial charge >= 0.3 is 0 Å². The van der Waals surface area contributed by atoms with Crippen LogP contribution in [0.25, 0.3) is 11.0 Å². The summed E-state index contributed by atoms with van der Waals surface area (Å²) in [6, 6.07) is 10.2. The van der Waals surface area contributed by atoms with Crippen molar-refractivity contribution < 1.29 is 0 Å². The normalized spacial score (nSPS) is 11.2. The molecule has 3 rings (SSSR count). The molecule has 2 heterocycles. The minimum atomic E-state index is -0.0471. The Balaban J connectivity index is 2.00. The summed E-state index contributed by atoms with van der Waals surface area (Å²) in [6.45, 7) is 5.42. The molecular formula is C17H20N4OS. The van der Waals surface area contributed by atoms with Crippen molar-refractivity contribution in [3.63, 3.8) is 0 Å². The first kappa shape index (κ1) is 15.8. The molecular weight excluding hydrogens is 308 g/mol. The maximum absolute atomic E-state index is 12.8. The molecule has 6 heteroatoms. The Morgan fingerprint density at radius 3 is 2.65 bits per heavy atom. The molecule has 0 fully saturated rings. The van der Waals surface area contributed by atoms with Crippen molar-refractivity contribution in [1.82, 2.24) is 19.3 Å². The van der Waals surface area contributed by atoms with Crippen LogP contribution >= 0.6 is 11.8 Å². The van der Waals surface area contributed by atoms with Crippen LogP contribution in [0.15, 0.2) is 46.5 Å². The first-order valence-corrected chi connectivity index (χ1v) is 8.86. The van der Waals surface area contributed by atoms with Crippen molar-refractivity contribution in [2.24, 2.45) is 0 Å². The summed E-state index contributed by atoms with van der Waals surface area (Å²) >= 11 is 1.60. The zero-order chi connectivity index (χ0) is 16.2. The third kappa shape index (κ3) is 3.32. The van der Waals surface area contributed by atoms with Crippen molar-refractivity contribution in [3.8, 4) is 0 Å². The zero-order valence-corrected chi connectivity index (χ0v) is 14.2. The van der Waals surface area contributed by atoms with Crippen LogP contribution in [0.4, 0.5) is 0 Å². The highest BCUT2D eigenvalue weighted by atomic mass is 32.2. The molecule has 0 aliphatic rings. The van der Waals surface area contributed by atoms with Gasteiger partial charge in [-0.3, -0.25) is 14.0 Å². The Labute approximate surface area is 139 Å². The first-order chi connectivity index (χ1) is 11.2. The quantitative estimate of drug-likeness (QED) is 0.516. The molecule has 120 valence electrons. The van der Waals surface area contributed by atoms with E-state index in [1.54, 1.807) is 21.0 Å². The number of rotatable bonds is 6. The largest absolute Gasteiger partial charge is 0.285 e. The molecule has 0 aliphatic heterocycles. The van der Waals surface area contributed by atoms with Crippen molar-refractivity contribution in [2.75, 3.05) is 5.75 Å². The van der Waals surface area contributed by atoms with Crippen LogP contribution < -0.4 is 5.56 Å². The zero-order valence-electron chi connectivity index (χ0n) is 13.4. The highest BCUT2D eigenvalue weighted by molar-refractivity contribution is 7.99. The van der Waals surface area contributed by atoms with Crippen LogP contribution in [-0.4, -0.2) is 25.1 Å². The van der Waals surface area contributed by atoms with E-state index < -0.39 is 0 Å². The monoisotopic (exact) mass is 328 g/mol. The van der Waals surface area contributed by atoms with E-state index in [4.69, 9.17) is 0 Å². The summed E-state index contributed by atoms with van der Waals surface area (Å²) in [5.41, 5.74) is 2.31. The molecule has 0 atom stereocenters. The SMILES string of the molecule is CCSc1nc2cn(CC)nc2c(=O)n1CCc1ccccc1. The molecule has 0 aliphatic carbocycles. The van der Waals surface area contributed by atoms with E-state index in [9.17, 15) is 4.79 Å². The fourth-order valence-electron chi connectivity index (χ4n) is 2.51. The lowest BCUT2D eigenvalue weighted by atomic mass is 10.1. The van der Waals surface area contributed by atoms with Crippen LogP contribution in [0.2, 0.25) is 0 Å². The minimum Gasteiger partial charge on any atom is -0.285 e. The number of thioether (sulfide) groups is 1. The van der Waals surface area contributed by atoms with Crippen molar-refractivity contribution in [3.05, 3.63) is 52.4 Å². The van der Waals surface area contributed by atoms with E-state index in [-0.39, 0.29) is 5.56 Å². The molecule has 23 heavy (non-hydrogen) atoms. The van der Waals surface area contributed by atoms with Crippen LogP contribution in [0, 0.1) is 0 Å². The Morgan fingerprint density at radius 2 is 1.96 bits per heavy atom. The van der Waals surface area contributed by atoms with Gasteiger partial charge < -0.3 is 0 Å². The summed E-state index contributed by atoms with van der Waals surface area (Å²) in [6.07, 6.45) is 2.65. The summed E-state index contributed by atoms with van der Waals surface area (Å²) in [5.74, 6) is 0.880. The van der Waals surface area contributed by atoms with Gasteiger partial charge in [0.2, 0.25) is 0 Å². The number of hydrogen-bond donors (Lipinski definition) is 0. The van der Waals surface area contributed by atoms with Gasteiger partial charge in [0.15, 0.2) is 10.7 Å². The van der Waals surface area contributed by atoms with Gasteiger partial charge in [-0.2, -0.15) is 5.10 Å². The number of nitrogens with zero attached hydrogens (tertiary/aromatic N) is 4. The second kappa shape index (κ2) is 7.00. The fraction of sp³-hybridized carbons (Fsp3) is 0.353. The smallest absolute Gasteiger partial charge is 0.282 e. The maximum Gasteiger partial charge on any atom is 0.282 e. The summed E-state index contributed by atoms with van der Waals surface area (Å²) in [5, 5.41) is 5.13. The molecule has 0 amide bonds. The summed E-state index contributed by atoms with van der Waals surface area (Å²) in [4.78, 5) is 17.5. The average Bonchev–Trinajstić information content (AvgIpc) is 2.99. The third-order valence-corrected chi connectivity index (χ3v) is 4.56. The van der Waals surface area contributed by atoms with E-state index in [2.05, 4.69) is 29.1 Å². The second-order valence-corrected chi connectivity index (χ2v) is 6.47. The molecule has 0 N–H and O–H groups in total. The van der Waals surface area contributed by atoms with Gasteiger partial charge in [0.25, 0.3) is 5.56 Å². The van der Waals surface area contributed by atoms with Gasteiger partial charge in [0.05, 0.1) is 6.20 Å². The van der Waals surface area contributed by atoms with Gasteiger partial charge in [0, 0.05) is 13.1 Å². The molecule has 0 radical (unpaired) electrons. The standard InChI is InChI=1S/C17H20N4OS/c1-3-20-12-14-15(19-20)16(22)21(17(18-14)23-4-2)11-10-13-8-6-5-7-9-13/h5-9,12H,3-4,10-11H2,1-2H3. The van der Waals surface area contributed by atoms with E-state index >= 15 is 0 Å². The molecule has 2 aromatic heterocycles. The van der Waals surface area contributed by atoms with Crippen LogP contribution in [0.5, 0.6) is 0 Å². The molecule has 0 spiro atoms. The highest BCUT2D eigenvalue weighted by Crippen LogP contribution is 2.17. The van der Waals surface area contributed by atoms with Crippen molar-refractivity contribution in [2.45, 2.75) is 38.5 Å². The van der Waals surface area contributed by atoms with E-state index in [1.807, 2.05) is 31.3 Å². The summed E-state index contributed by atoms with van der Waals surface area (Å²) < 4.78 is 3.53. The van der Waals surface area contributed by atoms with Crippen LogP contribution in [-0.2, 0) is 19.5 Å². The van der Waals surface area contributed by atoms with Gasteiger partial charge in [-0.15, -0.1) is 0 Å². The van der Waals surface area contributed by atoms with Gasteiger partial charge in [-0.1, -0.05) is 49.0 Å². The topological polar surface area (TPSA) is 52.7 Å². The predicted octanol–water partition coefficient (Wildman–Crippen LogP) is 2.97. The Kier molecular flexibility index (Phi) is 4.81. The Hall–Kier alpha value is -2.08. The third-order valence-electron chi connectivity index (χ3n) is 3.70. The van der Waals surface area contributed by atoms with E-state index in [0.717, 1.165) is 23.9 Å². The maximum atomic E-state index is 12.8. The van der Waals surface area contributed by atoms with E-state index in [1.165, 1.54) is 5.56 Å². The van der Waals surface area contributed by atoms with Gasteiger partial charge in [-0.25, -0.2) is 4.98 Å². The Morgan fingerprint density at radius 1 is 1.17 bits per heavy atom. The predicted molar refractivity (Wildman–Crippen MR) is 94.0 cm³/mol. The lowest BCUT2D eigenvalue weighted by Crippen LogP contribution is -2.24. The molecule has 5 nitrogen and oxygen atoms in total. The summed E-state index contributed by atoms with van der Waals surface area (Å²) in [7, 11) is 0. The van der Waals surface area contributed by atoms with Crippen LogP contribution in [0.1, 0.15) is 19.4 Å². The molecule has 0 bridgehead atoms. The Bertz CT molecular complexity index is 854. The first-order valence-electron chi connectivity index (χ1n) is 7.87. The molecule has 3 aromatic rings. The highest BCUT2D eigenvalue weighted by Gasteiger charge is 2.14. The number of hydrogen-bond acceptors (Lipinski definition) is 4. The van der Waals surface area contributed by atoms with Crippen LogP contribution in [0.3, 0.4) is 0 Å². The number of fused-ring (bicyclic) bond motifs is 1. The average molecular weight is 328 g/mol. The molecule has 0 saturated carbocycles. The number of benzene rings is 1. The lowest BCUT2D eigenvalue weighted by molar-refractivity contribution is 0.593. The van der Waals surface area contributed by atoms with Crippen molar-refractivity contribution >= 4 is 22.8 Å². The second-order valence-electron chi connectivity index (χ2n) is 5.24. The fourth-order valence-corrected chi connectivity index (χ4v) is 3.26. The van der Waals surface area contributed by atoms with E-state index in [0.29, 0.717) is 17.6 Å². The lowest BCUT2D eigenvalue weighted by Gasteiger charge is -2.10. The van der Waals surface area contributed by atoms with Crippen molar-refractivity contribution in [1.29, 1.82) is 0 Å². The molecule has 1 aromatic carbocycles. The number of aryl methyl sites for hydroxylation is 2. The minimum absolute atomic E-state index is 0.0471.